The molecule has 96 valence electrons. The molecular formula is C17H16O2. The molecule has 1 unspecified atom stereocenters. The lowest BCUT2D eigenvalue weighted by atomic mass is 10.1. The fourth-order valence-corrected chi connectivity index (χ4v) is 2.50. The maximum absolute atomic E-state index is 9.92. The number of rotatable bonds is 3. The molecule has 2 nitrogen and oxygen atoms in total. The Morgan fingerprint density at radius 2 is 1.53 bits per heavy atom. The molecule has 0 radical (unpaired) electrons. The Morgan fingerprint density at radius 3 is 2.00 bits per heavy atom. The van der Waals surface area contributed by atoms with Gasteiger partial charge in [0.2, 0.25) is 0 Å². The van der Waals surface area contributed by atoms with E-state index in [2.05, 4.69) is 18.7 Å². The maximum atomic E-state index is 9.92. The zero-order valence-electron chi connectivity index (χ0n) is 10.8. The van der Waals surface area contributed by atoms with Crippen LogP contribution in [0.1, 0.15) is 24.2 Å². The van der Waals surface area contributed by atoms with Gasteiger partial charge < -0.3 is 9.84 Å². The summed E-state index contributed by atoms with van der Waals surface area (Å²) in [5, 5.41) is 9.92. The molecule has 1 N–H and O–H groups in total. The first-order chi connectivity index (χ1) is 9.18. The Hall–Kier alpha value is -1.90. The topological polar surface area (TPSA) is 29.5 Å². The van der Waals surface area contributed by atoms with Crippen molar-refractivity contribution in [3.63, 3.8) is 0 Å². The summed E-state index contributed by atoms with van der Waals surface area (Å²) in [7, 11) is 0. The third kappa shape index (κ3) is 1.99. The molecular weight excluding hydrogens is 236 g/mol. The van der Waals surface area contributed by atoms with Crippen molar-refractivity contribution in [3.05, 3.63) is 71.8 Å². The molecule has 0 aromatic heterocycles. The van der Waals surface area contributed by atoms with E-state index in [1.54, 1.807) is 6.92 Å². The normalized spacial score (nSPS) is 14.8. The molecule has 0 bridgehead atoms. The molecule has 0 saturated carbocycles. The van der Waals surface area contributed by atoms with Gasteiger partial charge in [-0.2, -0.15) is 0 Å². The van der Waals surface area contributed by atoms with Crippen LogP contribution in [0.3, 0.4) is 0 Å². The molecule has 19 heavy (non-hydrogen) atoms. The first kappa shape index (κ1) is 12.2. The zero-order chi connectivity index (χ0) is 13.4. The smallest absolute Gasteiger partial charge is 0.177 e. The third-order valence-corrected chi connectivity index (χ3v) is 3.46. The summed E-state index contributed by atoms with van der Waals surface area (Å²) in [5.41, 5.74) is 5.17. The Morgan fingerprint density at radius 1 is 1.05 bits per heavy atom. The van der Waals surface area contributed by atoms with Gasteiger partial charge in [0.05, 0.1) is 0 Å². The average molecular weight is 252 g/mol. The van der Waals surface area contributed by atoms with Crippen molar-refractivity contribution in [2.45, 2.75) is 19.3 Å². The van der Waals surface area contributed by atoms with Crippen LogP contribution >= 0.6 is 0 Å². The predicted molar refractivity (Wildman–Crippen MR) is 75.6 cm³/mol. The second kappa shape index (κ2) is 4.65. The maximum Gasteiger partial charge on any atom is 0.177 e. The van der Waals surface area contributed by atoms with Gasteiger partial charge in [-0.3, -0.25) is 0 Å². The van der Waals surface area contributed by atoms with E-state index in [1.807, 2.05) is 36.4 Å². The van der Waals surface area contributed by atoms with Crippen LogP contribution in [0.2, 0.25) is 0 Å². The van der Waals surface area contributed by atoms with Crippen LogP contribution < -0.4 is 0 Å². The highest BCUT2D eigenvalue weighted by atomic mass is 16.6. The van der Waals surface area contributed by atoms with Crippen molar-refractivity contribution in [3.8, 4) is 11.1 Å². The first-order valence-electron chi connectivity index (χ1n) is 6.35. The average Bonchev–Trinajstić information content (AvgIpc) is 2.74. The van der Waals surface area contributed by atoms with E-state index in [0.29, 0.717) is 5.57 Å². The van der Waals surface area contributed by atoms with E-state index in [-0.39, 0.29) is 6.10 Å². The number of hydrogen-bond donors (Lipinski definition) is 1. The second-order valence-corrected chi connectivity index (χ2v) is 4.89. The van der Waals surface area contributed by atoms with Gasteiger partial charge in [-0.1, -0.05) is 55.1 Å². The minimum atomic E-state index is -0.941. The van der Waals surface area contributed by atoms with Gasteiger partial charge in [0.25, 0.3) is 0 Å². The molecule has 0 heterocycles. The lowest BCUT2D eigenvalue weighted by Gasteiger charge is -2.19. The van der Waals surface area contributed by atoms with Crippen LogP contribution in [-0.4, -0.2) is 11.4 Å². The summed E-state index contributed by atoms with van der Waals surface area (Å²) in [6.45, 7) is 5.50. The summed E-state index contributed by atoms with van der Waals surface area (Å²) in [6.07, 6.45) is -1.16. The molecule has 2 aromatic carbocycles. The van der Waals surface area contributed by atoms with Crippen molar-refractivity contribution in [1.82, 2.24) is 0 Å². The van der Waals surface area contributed by atoms with Crippen LogP contribution in [0.25, 0.3) is 11.1 Å². The minimum absolute atomic E-state index is 0.223. The van der Waals surface area contributed by atoms with Crippen molar-refractivity contribution in [2.75, 3.05) is 0 Å². The highest BCUT2D eigenvalue weighted by molar-refractivity contribution is 5.78. The Kier molecular flexibility index (Phi) is 2.97. The quantitative estimate of drug-likeness (QED) is 0.667. The summed E-state index contributed by atoms with van der Waals surface area (Å²) >= 11 is 0. The van der Waals surface area contributed by atoms with Gasteiger partial charge in [0.15, 0.2) is 6.29 Å². The molecule has 3 rings (SSSR count). The number of fused-ring (bicyclic) bond motifs is 3. The van der Waals surface area contributed by atoms with E-state index >= 15 is 0 Å². The Balaban J connectivity index is 2.07. The summed E-state index contributed by atoms with van der Waals surface area (Å²) in [6, 6.07) is 16.3. The van der Waals surface area contributed by atoms with Crippen molar-refractivity contribution >= 4 is 0 Å². The molecule has 2 aromatic rings. The number of ether oxygens (including phenoxy) is 1. The van der Waals surface area contributed by atoms with Crippen molar-refractivity contribution in [1.29, 1.82) is 0 Å². The third-order valence-electron chi connectivity index (χ3n) is 3.46. The lowest BCUT2D eigenvalue weighted by molar-refractivity contribution is -0.0990. The molecule has 0 spiro atoms. The number of aliphatic hydroxyl groups excluding tert-OH is 1. The fourth-order valence-electron chi connectivity index (χ4n) is 2.50. The van der Waals surface area contributed by atoms with Crippen LogP contribution in [0.5, 0.6) is 0 Å². The van der Waals surface area contributed by atoms with Crippen LogP contribution in [0.15, 0.2) is 60.7 Å². The second-order valence-electron chi connectivity index (χ2n) is 4.89. The molecule has 1 aliphatic rings. The van der Waals surface area contributed by atoms with Crippen LogP contribution in [0.4, 0.5) is 0 Å². The van der Waals surface area contributed by atoms with Gasteiger partial charge >= 0.3 is 0 Å². The van der Waals surface area contributed by atoms with Crippen LogP contribution in [-0.2, 0) is 4.74 Å². The summed E-state index contributed by atoms with van der Waals surface area (Å²) < 4.78 is 5.78. The van der Waals surface area contributed by atoms with Crippen LogP contribution in [0, 0.1) is 0 Å². The van der Waals surface area contributed by atoms with Crippen molar-refractivity contribution in [2.24, 2.45) is 0 Å². The highest BCUT2D eigenvalue weighted by Crippen LogP contribution is 2.45. The highest BCUT2D eigenvalue weighted by Gasteiger charge is 2.30. The molecule has 2 heteroatoms. The van der Waals surface area contributed by atoms with E-state index in [4.69, 9.17) is 4.74 Å². The van der Waals surface area contributed by atoms with Crippen molar-refractivity contribution < 1.29 is 9.84 Å². The van der Waals surface area contributed by atoms with Gasteiger partial charge in [-0.15, -0.1) is 0 Å². The van der Waals surface area contributed by atoms with E-state index in [1.165, 1.54) is 11.1 Å². The molecule has 1 atom stereocenters. The van der Waals surface area contributed by atoms with Gasteiger partial charge in [-0.05, 0) is 34.8 Å². The van der Waals surface area contributed by atoms with E-state index in [0.717, 1.165) is 11.1 Å². The van der Waals surface area contributed by atoms with Gasteiger partial charge in [-0.25, -0.2) is 0 Å². The standard InChI is InChI=1S/C17H16O2/c1-11(2)17(18)19-16-14-9-5-3-7-12(14)13-8-4-6-10-15(13)16/h3-10,16-18H,1H2,2H3. The predicted octanol–water partition coefficient (Wildman–Crippen LogP) is 3.67. The largest absolute Gasteiger partial charge is 0.364 e. The van der Waals surface area contributed by atoms with E-state index in [9.17, 15) is 5.11 Å². The SMILES string of the molecule is C=C(C)C(O)OC1c2ccccc2-c2ccccc21. The Labute approximate surface area is 113 Å². The monoisotopic (exact) mass is 252 g/mol. The lowest BCUT2D eigenvalue weighted by Crippen LogP contribution is -2.16. The zero-order valence-corrected chi connectivity index (χ0v) is 10.8. The number of benzene rings is 2. The van der Waals surface area contributed by atoms with Gasteiger partial charge in [0.1, 0.15) is 6.10 Å². The summed E-state index contributed by atoms with van der Waals surface area (Å²) in [4.78, 5) is 0. The molecule has 0 saturated heterocycles. The number of aliphatic hydroxyl groups is 1. The molecule has 1 aliphatic carbocycles. The molecule has 0 amide bonds. The molecule has 0 fully saturated rings. The molecule has 0 aliphatic heterocycles. The number of hydrogen-bond acceptors (Lipinski definition) is 2. The fraction of sp³-hybridized carbons (Fsp3) is 0.176. The minimum Gasteiger partial charge on any atom is -0.364 e. The Bertz CT molecular complexity index is 585. The van der Waals surface area contributed by atoms with E-state index < -0.39 is 6.29 Å². The summed E-state index contributed by atoms with van der Waals surface area (Å²) in [5.74, 6) is 0. The van der Waals surface area contributed by atoms with Gasteiger partial charge in [0, 0.05) is 0 Å². The first-order valence-corrected chi connectivity index (χ1v) is 6.35.